The van der Waals surface area contributed by atoms with Gasteiger partial charge in [-0.2, -0.15) is 0 Å². The van der Waals surface area contributed by atoms with Crippen LogP contribution < -0.4 is 0 Å². The number of benzene rings is 2. The molecule has 2 fully saturated rings. The molecule has 26 heavy (non-hydrogen) atoms. The summed E-state index contributed by atoms with van der Waals surface area (Å²) in [6.07, 6.45) is 15.2. The quantitative estimate of drug-likeness (QED) is 0.531. The Labute approximate surface area is 157 Å². The standard InChI is InChI=1S/2C13H14/c2*1-2-4-11(5-3-1)13-9-10-6-7-12(13)8-10/h2*1-7,10,12-13H,8-9H2. The molecule has 6 atom stereocenters. The second kappa shape index (κ2) is 6.91. The number of hydrogen-bond acceptors (Lipinski definition) is 0. The number of fused-ring (bicyclic) bond motifs is 4. The molecule has 0 aliphatic heterocycles. The van der Waals surface area contributed by atoms with E-state index in [0.29, 0.717) is 0 Å². The summed E-state index contributed by atoms with van der Waals surface area (Å²) in [5, 5.41) is 0. The monoisotopic (exact) mass is 340 g/mol. The lowest BCUT2D eigenvalue weighted by Crippen LogP contribution is -2.04. The maximum absolute atomic E-state index is 2.42. The third-order valence-corrected chi connectivity index (χ3v) is 7.01. The van der Waals surface area contributed by atoms with Crippen LogP contribution in [0, 0.1) is 23.7 Å². The second-order valence-corrected chi connectivity index (χ2v) is 8.59. The van der Waals surface area contributed by atoms with E-state index in [1.165, 1.54) is 25.7 Å². The predicted octanol–water partition coefficient (Wildman–Crippen LogP) is 6.73. The first-order valence-corrected chi connectivity index (χ1v) is 10.3. The molecule has 132 valence electrons. The second-order valence-electron chi connectivity index (χ2n) is 8.59. The van der Waals surface area contributed by atoms with Crippen molar-refractivity contribution in [2.45, 2.75) is 37.5 Å². The summed E-state index contributed by atoms with van der Waals surface area (Å²) >= 11 is 0. The highest BCUT2D eigenvalue weighted by Crippen LogP contribution is 2.49. The van der Waals surface area contributed by atoms with E-state index in [0.717, 1.165) is 35.5 Å². The van der Waals surface area contributed by atoms with Crippen molar-refractivity contribution in [1.82, 2.24) is 0 Å². The molecule has 4 aliphatic carbocycles. The minimum absolute atomic E-state index is 0.816. The van der Waals surface area contributed by atoms with E-state index >= 15 is 0 Å². The molecule has 0 saturated heterocycles. The van der Waals surface area contributed by atoms with Crippen molar-refractivity contribution in [1.29, 1.82) is 0 Å². The third-order valence-electron chi connectivity index (χ3n) is 7.01. The van der Waals surface area contributed by atoms with Crippen LogP contribution in [0.2, 0.25) is 0 Å². The highest BCUT2D eigenvalue weighted by molar-refractivity contribution is 5.28. The van der Waals surface area contributed by atoms with Crippen molar-refractivity contribution in [3.63, 3.8) is 0 Å². The average Bonchev–Trinajstić information content (AvgIpc) is 3.51. The van der Waals surface area contributed by atoms with Crippen LogP contribution in [0.4, 0.5) is 0 Å². The van der Waals surface area contributed by atoms with E-state index in [4.69, 9.17) is 0 Å². The maximum atomic E-state index is 2.42. The largest absolute Gasteiger partial charge is 0.0851 e. The van der Waals surface area contributed by atoms with Gasteiger partial charge in [0.2, 0.25) is 0 Å². The fourth-order valence-corrected chi connectivity index (χ4v) is 5.73. The topological polar surface area (TPSA) is 0 Å². The Kier molecular flexibility index (Phi) is 4.28. The molecule has 0 heterocycles. The van der Waals surface area contributed by atoms with Gasteiger partial charge in [-0.25, -0.2) is 0 Å². The summed E-state index contributed by atoms with van der Waals surface area (Å²) < 4.78 is 0. The molecule has 0 N–H and O–H groups in total. The summed E-state index contributed by atoms with van der Waals surface area (Å²) in [5.41, 5.74) is 3.08. The van der Waals surface area contributed by atoms with Gasteiger partial charge in [0, 0.05) is 0 Å². The Morgan fingerprint density at radius 3 is 1.19 bits per heavy atom. The van der Waals surface area contributed by atoms with E-state index in [1.807, 2.05) is 0 Å². The third kappa shape index (κ3) is 3.07. The zero-order valence-electron chi connectivity index (χ0n) is 15.4. The molecule has 2 saturated carbocycles. The van der Waals surface area contributed by atoms with Crippen LogP contribution in [-0.2, 0) is 0 Å². The van der Waals surface area contributed by atoms with Gasteiger partial charge in [-0.1, -0.05) is 85.0 Å². The lowest BCUT2D eigenvalue weighted by atomic mass is 9.87. The van der Waals surface area contributed by atoms with Crippen LogP contribution in [0.3, 0.4) is 0 Å². The van der Waals surface area contributed by atoms with Gasteiger partial charge in [-0.15, -0.1) is 0 Å². The van der Waals surface area contributed by atoms with Gasteiger partial charge >= 0.3 is 0 Å². The van der Waals surface area contributed by atoms with Crippen LogP contribution in [0.15, 0.2) is 85.0 Å². The van der Waals surface area contributed by atoms with Crippen LogP contribution in [0.1, 0.15) is 48.6 Å². The predicted molar refractivity (Wildman–Crippen MR) is 109 cm³/mol. The molecule has 4 bridgehead atoms. The van der Waals surface area contributed by atoms with Crippen molar-refractivity contribution in [2.75, 3.05) is 0 Å². The first kappa shape index (κ1) is 16.1. The van der Waals surface area contributed by atoms with Crippen LogP contribution >= 0.6 is 0 Å². The molecule has 6 unspecified atom stereocenters. The van der Waals surface area contributed by atoms with Gasteiger partial charge in [0.25, 0.3) is 0 Å². The number of allylic oxidation sites excluding steroid dienone is 4. The van der Waals surface area contributed by atoms with E-state index < -0.39 is 0 Å². The molecule has 6 rings (SSSR count). The first-order chi connectivity index (χ1) is 12.9. The average molecular weight is 341 g/mol. The fraction of sp³-hybridized carbons (Fsp3) is 0.385. The van der Waals surface area contributed by atoms with Crippen molar-refractivity contribution < 1.29 is 0 Å². The zero-order chi connectivity index (χ0) is 17.3. The van der Waals surface area contributed by atoms with E-state index in [2.05, 4.69) is 85.0 Å². The van der Waals surface area contributed by atoms with Crippen molar-refractivity contribution >= 4 is 0 Å². The van der Waals surface area contributed by atoms with Crippen LogP contribution in [0.5, 0.6) is 0 Å². The Morgan fingerprint density at radius 2 is 0.885 bits per heavy atom. The molecule has 0 radical (unpaired) electrons. The molecule has 0 heteroatoms. The molecular formula is C26H28. The van der Waals surface area contributed by atoms with Crippen LogP contribution in [-0.4, -0.2) is 0 Å². The summed E-state index contributed by atoms with van der Waals surface area (Å²) in [5.74, 6) is 5.08. The van der Waals surface area contributed by atoms with Gasteiger partial charge in [0.15, 0.2) is 0 Å². The Bertz CT molecular complexity index is 716. The molecule has 0 spiro atoms. The SMILES string of the molecule is C1=CC2CC1CC2c1ccccc1.C1=CC2CC1CC2c1ccccc1. The lowest BCUT2D eigenvalue weighted by molar-refractivity contribution is 0.585. The lowest BCUT2D eigenvalue weighted by Gasteiger charge is -2.17. The van der Waals surface area contributed by atoms with Crippen molar-refractivity contribution in [3.05, 3.63) is 96.1 Å². The highest BCUT2D eigenvalue weighted by atomic mass is 14.4. The summed E-state index contributed by atoms with van der Waals surface area (Å²) in [7, 11) is 0. The van der Waals surface area contributed by atoms with Crippen molar-refractivity contribution in [3.8, 4) is 0 Å². The Balaban J connectivity index is 0.000000115. The molecule has 4 aliphatic rings. The van der Waals surface area contributed by atoms with E-state index in [9.17, 15) is 0 Å². The molecule has 2 aromatic carbocycles. The molecular weight excluding hydrogens is 312 g/mol. The fourth-order valence-electron chi connectivity index (χ4n) is 5.73. The maximum Gasteiger partial charge on any atom is -0.00932 e. The molecule has 0 aromatic heterocycles. The van der Waals surface area contributed by atoms with Crippen molar-refractivity contribution in [2.24, 2.45) is 23.7 Å². The highest BCUT2D eigenvalue weighted by Gasteiger charge is 2.36. The van der Waals surface area contributed by atoms with E-state index in [-0.39, 0.29) is 0 Å². The van der Waals surface area contributed by atoms with Gasteiger partial charge in [0.05, 0.1) is 0 Å². The van der Waals surface area contributed by atoms with E-state index in [1.54, 1.807) is 11.1 Å². The molecule has 0 nitrogen and oxygen atoms in total. The number of hydrogen-bond donors (Lipinski definition) is 0. The summed E-state index contributed by atoms with van der Waals surface area (Å²) in [6, 6.07) is 21.9. The first-order valence-electron chi connectivity index (χ1n) is 10.3. The Morgan fingerprint density at radius 1 is 0.462 bits per heavy atom. The Hall–Kier alpha value is -2.08. The van der Waals surface area contributed by atoms with Gasteiger partial charge < -0.3 is 0 Å². The van der Waals surface area contributed by atoms with Gasteiger partial charge in [-0.3, -0.25) is 0 Å². The normalized spacial score (nSPS) is 35.5. The zero-order valence-corrected chi connectivity index (χ0v) is 15.4. The van der Waals surface area contributed by atoms with Crippen LogP contribution in [0.25, 0.3) is 0 Å². The molecule has 0 amide bonds. The van der Waals surface area contributed by atoms with Gasteiger partial charge in [-0.05, 0) is 72.3 Å². The van der Waals surface area contributed by atoms with Gasteiger partial charge in [0.1, 0.15) is 0 Å². The summed E-state index contributed by atoms with van der Waals surface area (Å²) in [6.45, 7) is 0. The smallest absolute Gasteiger partial charge is 0.00932 e. The number of rotatable bonds is 2. The summed E-state index contributed by atoms with van der Waals surface area (Å²) in [4.78, 5) is 0. The minimum atomic E-state index is 0.816. The molecule has 2 aromatic rings. The minimum Gasteiger partial charge on any atom is -0.0851 e.